The summed E-state index contributed by atoms with van der Waals surface area (Å²) >= 11 is 12.2. The predicted octanol–water partition coefficient (Wildman–Crippen LogP) is 4.48. The van der Waals surface area contributed by atoms with E-state index in [1.165, 1.54) is 0 Å². The van der Waals surface area contributed by atoms with Gasteiger partial charge in [-0.1, -0.05) is 41.4 Å². The molecule has 0 atom stereocenters. The van der Waals surface area contributed by atoms with Gasteiger partial charge in [-0.05, 0) is 42.3 Å². The highest BCUT2D eigenvalue weighted by atomic mass is 35.5. The number of nitrogens with one attached hydrogen (secondary N) is 1. The maximum Gasteiger partial charge on any atom is 0.0756 e. The molecule has 0 radical (unpaired) electrons. The SMILES string of the molecule is Cc1c(Cl)ccc2c(CNN)cc(-c3ccc(Cl)cc3)nc12. The molecule has 0 saturated carbocycles. The molecule has 1 heterocycles. The van der Waals surface area contributed by atoms with Crippen LogP contribution in [0.5, 0.6) is 0 Å². The first-order valence-electron chi connectivity index (χ1n) is 6.88. The van der Waals surface area contributed by atoms with Gasteiger partial charge in [0.05, 0.1) is 11.2 Å². The molecule has 0 aliphatic carbocycles. The minimum absolute atomic E-state index is 0.556. The second kappa shape index (κ2) is 6.23. The molecule has 112 valence electrons. The largest absolute Gasteiger partial charge is 0.271 e. The van der Waals surface area contributed by atoms with Crippen molar-refractivity contribution in [3.8, 4) is 11.3 Å². The zero-order chi connectivity index (χ0) is 15.7. The van der Waals surface area contributed by atoms with Gasteiger partial charge in [0.15, 0.2) is 0 Å². The molecule has 0 amide bonds. The van der Waals surface area contributed by atoms with Crippen LogP contribution in [0.25, 0.3) is 22.2 Å². The van der Waals surface area contributed by atoms with Crippen LogP contribution in [0.4, 0.5) is 0 Å². The van der Waals surface area contributed by atoms with E-state index in [-0.39, 0.29) is 0 Å². The number of aromatic nitrogens is 1. The average Bonchev–Trinajstić information content (AvgIpc) is 2.52. The fourth-order valence-electron chi connectivity index (χ4n) is 2.50. The maximum absolute atomic E-state index is 6.24. The van der Waals surface area contributed by atoms with Gasteiger partial charge in [-0.2, -0.15) is 0 Å². The van der Waals surface area contributed by atoms with Crippen molar-refractivity contribution in [2.45, 2.75) is 13.5 Å². The molecule has 0 aliphatic rings. The number of hydrazine groups is 1. The first kappa shape index (κ1) is 15.3. The van der Waals surface area contributed by atoms with E-state index in [4.69, 9.17) is 34.0 Å². The van der Waals surface area contributed by atoms with Crippen LogP contribution in [0.1, 0.15) is 11.1 Å². The van der Waals surface area contributed by atoms with E-state index in [9.17, 15) is 0 Å². The summed E-state index contributed by atoms with van der Waals surface area (Å²) in [5.41, 5.74) is 7.54. The minimum Gasteiger partial charge on any atom is -0.271 e. The molecule has 0 saturated heterocycles. The number of pyridine rings is 1. The lowest BCUT2D eigenvalue weighted by molar-refractivity contribution is 0.745. The van der Waals surface area contributed by atoms with Crippen molar-refractivity contribution in [3.05, 3.63) is 63.6 Å². The highest BCUT2D eigenvalue weighted by molar-refractivity contribution is 6.32. The Morgan fingerprint density at radius 3 is 2.50 bits per heavy atom. The summed E-state index contributed by atoms with van der Waals surface area (Å²) in [4.78, 5) is 4.78. The number of nitrogens with zero attached hydrogens (tertiary/aromatic N) is 1. The molecule has 3 N–H and O–H groups in total. The number of nitrogens with two attached hydrogens (primary N) is 1. The summed E-state index contributed by atoms with van der Waals surface area (Å²) in [6, 6.07) is 13.5. The highest BCUT2D eigenvalue weighted by Crippen LogP contribution is 2.30. The fourth-order valence-corrected chi connectivity index (χ4v) is 2.78. The first-order chi connectivity index (χ1) is 10.6. The number of aryl methyl sites for hydroxylation is 1. The number of rotatable bonds is 3. The molecular weight excluding hydrogens is 317 g/mol. The standard InChI is InChI=1S/C17H15Cl2N3/c1-10-15(19)7-6-14-12(9-21-20)8-16(22-17(10)14)11-2-4-13(18)5-3-11/h2-8,21H,9,20H2,1H3. The number of hydrogen-bond donors (Lipinski definition) is 2. The van der Waals surface area contributed by atoms with Crippen LogP contribution in [0.3, 0.4) is 0 Å². The Labute approximate surface area is 139 Å². The van der Waals surface area contributed by atoms with Crippen LogP contribution in [-0.4, -0.2) is 4.98 Å². The Balaban J connectivity index is 2.27. The molecule has 0 bridgehead atoms. The monoisotopic (exact) mass is 331 g/mol. The minimum atomic E-state index is 0.556. The third kappa shape index (κ3) is 2.81. The third-order valence-electron chi connectivity index (χ3n) is 3.69. The van der Waals surface area contributed by atoms with Crippen LogP contribution >= 0.6 is 23.2 Å². The van der Waals surface area contributed by atoms with Crippen molar-refractivity contribution >= 4 is 34.1 Å². The van der Waals surface area contributed by atoms with Gasteiger partial charge >= 0.3 is 0 Å². The zero-order valence-corrected chi connectivity index (χ0v) is 13.5. The molecular formula is C17H15Cl2N3. The first-order valence-corrected chi connectivity index (χ1v) is 7.64. The van der Waals surface area contributed by atoms with Crippen molar-refractivity contribution in [3.63, 3.8) is 0 Å². The molecule has 0 aliphatic heterocycles. The van der Waals surface area contributed by atoms with Crippen LogP contribution in [0.2, 0.25) is 10.0 Å². The van der Waals surface area contributed by atoms with Crippen LogP contribution < -0.4 is 11.3 Å². The Hall–Kier alpha value is -1.65. The third-order valence-corrected chi connectivity index (χ3v) is 4.35. The van der Waals surface area contributed by atoms with E-state index in [2.05, 4.69) is 5.43 Å². The average molecular weight is 332 g/mol. The lowest BCUT2D eigenvalue weighted by Crippen LogP contribution is -2.21. The smallest absolute Gasteiger partial charge is 0.0756 e. The Morgan fingerprint density at radius 1 is 1.09 bits per heavy atom. The van der Waals surface area contributed by atoms with Gasteiger partial charge in [0.1, 0.15) is 0 Å². The molecule has 0 unspecified atom stereocenters. The Bertz CT molecular complexity index is 829. The molecule has 22 heavy (non-hydrogen) atoms. The molecule has 0 spiro atoms. The Kier molecular flexibility index (Phi) is 4.32. The summed E-state index contributed by atoms with van der Waals surface area (Å²) in [5, 5.41) is 2.46. The van der Waals surface area contributed by atoms with E-state index in [0.29, 0.717) is 16.6 Å². The van der Waals surface area contributed by atoms with E-state index >= 15 is 0 Å². The summed E-state index contributed by atoms with van der Waals surface area (Å²) < 4.78 is 0. The van der Waals surface area contributed by atoms with Gasteiger partial charge < -0.3 is 0 Å². The second-order valence-electron chi connectivity index (χ2n) is 5.12. The molecule has 1 aromatic heterocycles. The van der Waals surface area contributed by atoms with Crippen molar-refractivity contribution in [1.82, 2.24) is 10.4 Å². The van der Waals surface area contributed by atoms with Crippen molar-refractivity contribution in [2.75, 3.05) is 0 Å². The number of benzene rings is 2. The van der Waals surface area contributed by atoms with E-state index in [1.807, 2.05) is 49.4 Å². The normalized spacial score (nSPS) is 11.1. The maximum atomic E-state index is 6.24. The van der Waals surface area contributed by atoms with Crippen molar-refractivity contribution in [2.24, 2.45) is 5.84 Å². The van der Waals surface area contributed by atoms with E-state index in [1.54, 1.807) is 0 Å². The summed E-state index contributed by atoms with van der Waals surface area (Å²) in [5.74, 6) is 5.51. The van der Waals surface area contributed by atoms with Gasteiger partial charge in [0.25, 0.3) is 0 Å². The van der Waals surface area contributed by atoms with E-state index < -0.39 is 0 Å². The van der Waals surface area contributed by atoms with Crippen LogP contribution in [0.15, 0.2) is 42.5 Å². The number of hydrogen-bond acceptors (Lipinski definition) is 3. The number of fused-ring (bicyclic) bond motifs is 1. The summed E-state index contributed by atoms with van der Waals surface area (Å²) in [7, 11) is 0. The van der Waals surface area contributed by atoms with Gasteiger partial charge in [-0.15, -0.1) is 0 Å². The summed E-state index contributed by atoms with van der Waals surface area (Å²) in [6.07, 6.45) is 0. The van der Waals surface area contributed by atoms with Gasteiger partial charge in [0.2, 0.25) is 0 Å². The molecule has 3 nitrogen and oxygen atoms in total. The second-order valence-corrected chi connectivity index (χ2v) is 5.97. The van der Waals surface area contributed by atoms with Crippen molar-refractivity contribution < 1.29 is 0 Å². The molecule has 2 aromatic carbocycles. The molecule has 3 rings (SSSR count). The number of halogens is 2. The Morgan fingerprint density at radius 2 is 1.82 bits per heavy atom. The molecule has 3 aromatic rings. The lowest BCUT2D eigenvalue weighted by atomic mass is 10.0. The molecule has 5 heteroatoms. The van der Waals surface area contributed by atoms with Gasteiger partial charge in [-0.3, -0.25) is 11.3 Å². The van der Waals surface area contributed by atoms with Crippen LogP contribution in [0, 0.1) is 6.92 Å². The van der Waals surface area contributed by atoms with Gasteiger partial charge in [0, 0.05) is 27.5 Å². The van der Waals surface area contributed by atoms with Gasteiger partial charge in [-0.25, -0.2) is 4.98 Å². The topological polar surface area (TPSA) is 50.9 Å². The summed E-state index contributed by atoms with van der Waals surface area (Å²) in [6.45, 7) is 2.53. The highest BCUT2D eigenvalue weighted by Gasteiger charge is 2.11. The lowest BCUT2D eigenvalue weighted by Gasteiger charge is -2.12. The quantitative estimate of drug-likeness (QED) is 0.549. The predicted molar refractivity (Wildman–Crippen MR) is 93.0 cm³/mol. The van der Waals surface area contributed by atoms with Crippen LogP contribution in [-0.2, 0) is 6.54 Å². The van der Waals surface area contributed by atoms with E-state index in [0.717, 1.165) is 33.3 Å². The van der Waals surface area contributed by atoms with Crippen molar-refractivity contribution in [1.29, 1.82) is 0 Å². The fraction of sp³-hybridized carbons (Fsp3) is 0.118. The molecule has 0 fully saturated rings. The zero-order valence-electron chi connectivity index (χ0n) is 12.0.